The highest BCUT2D eigenvalue weighted by Crippen LogP contribution is 2.54. The van der Waals surface area contributed by atoms with Gasteiger partial charge in [-0.15, -0.1) is 0 Å². The first-order chi connectivity index (χ1) is 4.79. The lowest BCUT2D eigenvalue weighted by atomic mass is 10.0. The lowest BCUT2D eigenvalue weighted by Crippen LogP contribution is -2.12. The smallest absolute Gasteiger partial charge is 0.0522 e. The molecule has 2 unspecified atom stereocenters. The largest absolute Gasteiger partial charge is 0.396 e. The van der Waals surface area contributed by atoms with E-state index in [0.717, 1.165) is 19.4 Å². The maximum atomic E-state index is 8.84. The third-order valence-electron chi connectivity index (χ3n) is 2.72. The van der Waals surface area contributed by atoms with Gasteiger partial charge in [-0.05, 0) is 24.2 Å². The van der Waals surface area contributed by atoms with E-state index in [2.05, 4.69) is 6.92 Å². The van der Waals surface area contributed by atoms with Crippen LogP contribution in [0.15, 0.2) is 0 Å². The van der Waals surface area contributed by atoms with Gasteiger partial charge in [0, 0.05) is 13.7 Å². The SMILES string of the molecule is CCC1(COC)CC1CO. The Hall–Kier alpha value is -0.0800. The molecule has 0 bridgehead atoms. The van der Waals surface area contributed by atoms with E-state index in [1.54, 1.807) is 7.11 Å². The topological polar surface area (TPSA) is 29.5 Å². The van der Waals surface area contributed by atoms with Crippen LogP contribution in [0.2, 0.25) is 0 Å². The van der Waals surface area contributed by atoms with Crippen molar-refractivity contribution in [2.75, 3.05) is 20.3 Å². The summed E-state index contributed by atoms with van der Waals surface area (Å²) in [6.45, 7) is 3.31. The summed E-state index contributed by atoms with van der Waals surface area (Å²) >= 11 is 0. The summed E-state index contributed by atoms with van der Waals surface area (Å²) < 4.78 is 5.08. The molecule has 0 aromatic heterocycles. The molecule has 1 rings (SSSR count). The lowest BCUT2D eigenvalue weighted by molar-refractivity contribution is 0.119. The maximum absolute atomic E-state index is 8.84. The van der Waals surface area contributed by atoms with E-state index in [1.165, 1.54) is 0 Å². The Labute approximate surface area is 62.2 Å². The Balaban J connectivity index is 2.34. The second-order valence-electron chi connectivity index (χ2n) is 3.23. The lowest BCUT2D eigenvalue weighted by Gasteiger charge is -2.11. The van der Waals surface area contributed by atoms with Crippen molar-refractivity contribution in [1.82, 2.24) is 0 Å². The highest BCUT2D eigenvalue weighted by Gasteiger charge is 2.51. The fourth-order valence-corrected chi connectivity index (χ4v) is 1.69. The molecular formula is C8H16O2. The van der Waals surface area contributed by atoms with Crippen molar-refractivity contribution in [1.29, 1.82) is 0 Å². The first-order valence-corrected chi connectivity index (χ1v) is 3.89. The third kappa shape index (κ3) is 1.18. The molecule has 60 valence electrons. The summed E-state index contributed by atoms with van der Waals surface area (Å²) in [5.41, 5.74) is 0.337. The van der Waals surface area contributed by atoms with Gasteiger partial charge in [0.15, 0.2) is 0 Å². The van der Waals surface area contributed by atoms with E-state index in [1.807, 2.05) is 0 Å². The van der Waals surface area contributed by atoms with Gasteiger partial charge in [0.05, 0.1) is 6.61 Å². The molecule has 1 saturated carbocycles. The molecule has 10 heavy (non-hydrogen) atoms. The summed E-state index contributed by atoms with van der Waals surface area (Å²) in [6.07, 6.45) is 2.28. The van der Waals surface area contributed by atoms with Crippen LogP contribution in [0.3, 0.4) is 0 Å². The van der Waals surface area contributed by atoms with E-state index in [4.69, 9.17) is 9.84 Å². The zero-order valence-electron chi connectivity index (χ0n) is 6.76. The van der Waals surface area contributed by atoms with Crippen molar-refractivity contribution < 1.29 is 9.84 Å². The monoisotopic (exact) mass is 144 g/mol. The van der Waals surface area contributed by atoms with Crippen LogP contribution in [0.5, 0.6) is 0 Å². The predicted octanol–water partition coefficient (Wildman–Crippen LogP) is 1.04. The Kier molecular flexibility index (Phi) is 2.32. The molecule has 1 fully saturated rings. The van der Waals surface area contributed by atoms with Gasteiger partial charge < -0.3 is 9.84 Å². The van der Waals surface area contributed by atoms with Crippen LogP contribution >= 0.6 is 0 Å². The molecule has 0 aromatic rings. The van der Waals surface area contributed by atoms with Gasteiger partial charge in [-0.3, -0.25) is 0 Å². The minimum atomic E-state index is 0.331. The van der Waals surface area contributed by atoms with Crippen LogP contribution in [0.25, 0.3) is 0 Å². The average molecular weight is 144 g/mol. The number of hydrogen-bond acceptors (Lipinski definition) is 2. The fourth-order valence-electron chi connectivity index (χ4n) is 1.69. The van der Waals surface area contributed by atoms with Gasteiger partial charge in [0.25, 0.3) is 0 Å². The Bertz CT molecular complexity index is 114. The Morgan fingerprint density at radius 1 is 1.70 bits per heavy atom. The number of ether oxygens (including phenoxy) is 1. The second kappa shape index (κ2) is 2.89. The van der Waals surface area contributed by atoms with E-state index in [-0.39, 0.29) is 0 Å². The van der Waals surface area contributed by atoms with Crippen molar-refractivity contribution in [3.8, 4) is 0 Å². The number of aliphatic hydroxyl groups is 1. The van der Waals surface area contributed by atoms with E-state index >= 15 is 0 Å². The van der Waals surface area contributed by atoms with Crippen molar-refractivity contribution in [2.45, 2.75) is 19.8 Å². The first-order valence-electron chi connectivity index (χ1n) is 3.89. The third-order valence-corrected chi connectivity index (χ3v) is 2.72. The molecule has 2 nitrogen and oxygen atoms in total. The van der Waals surface area contributed by atoms with Gasteiger partial charge in [0.2, 0.25) is 0 Å². The Morgan fingerprint density at radius 2 is 2.40 bits per heavy atom. The van der Waals surface area contributed by atoms with Crippen LogP contribution in [-0.2, 0) is 4.74 Å². The number of methoxy groups -OCH3 is 1. The molecule has 0 amide bonds. The van der Waals surface area contributed by atoms with Crippen molar-refractivity contribution in [2.24, 2.45) is 11.3 Å². The highest BCUT2D eigenvalue weighted by atomic mass is 16.5. The molecular weight excluding hydrogens is 128 g/mol. The quantitative estimate of drug-likeness (QED) is 0.639. The van der Waals surface area contributed by atoms with Gasteiger partial charge in [-0.2, -0.15) is 0 Å². The molecule has 0 aliphatic heterocycles. The Morgan fingerprint density at radius 3 is 2.70 bits per heavy atom. The molecule has 1 aliphatic rings. The summed E-state index contributed by atoms with van der Waals surface area (Å²) in [4.78, 5) is 0. The number of aliphatic hydroxyl groups excluding tert-OH is 1. The fraction of sp³-hybridized carbons (Fsp3) is 1.00. The van der Waals surface area contributed by atoms with Crippen LogP contribution < -0.4 is 0 Å². The molecule has 0 heterocycles. The molecule has 0 spiro atoms. The molecule has 0 radical (unpaired) electrons. The summed E-state index contributed by atoms with van der Waals surface area (Å²) in [6, 6.07) is 0. The minimum absolute atomic E-state index is 0.331. The molecule has 1 N–H and O–H groups in total. The normalized spacial score (nSPS) is 38.1. The minimum Gasteiger partial charge on any atom is -0.396 e. The van der Waals surface area contributed by atoms with Crippen LogP contribution in [0, 0.1) is 11.3 Å². The zero-order chi connectivity index (χ0) is 7.61. The molecule has 0 saturated heterocycles. The predicted molar refractivity (Wildman–Crippen MR) is 39.8 cm³/mol. The van der Waals surface area contributed by atoms with Crippen molar-refractivity contribution in [3.63, 3.8) is 0 Å². The molecule has 0 aromatic carbocycles. The van der Waals surface area contributed by atoms with Crippen LogP contribution in [0.4, 0.5) is 0 Å². The summed E-state index contributed by atoms with van der Waals surface area (Å²) in [5, 5.41) is 8.84. The van der Waals surface area contributed by atoms with Gasteiger partial charge in [-0.1, -0.05) is 6.92 Å². The van der Waals surface area contributed by atoms with E-state index < -0.39 is 0 Å². The van der Waals surface area contributed by atoms with Crippen molar-refractivity contribution in [3.05, 3.63) is 0 Å². The average Bonchev–Trinajstić information content (AvgIpc) is 2.65. The first kappa shape index (κ1) is 8.02. The summed E-state index contributed by atoms with van der Waals surface area (Å²) in [5.74, 6) is 0.512. The molecule has 2 atom stereocenters. The maximum Gasteiger partial charge on any atom is 0.0522 e. The van der Waals surface area contributed by atoms with E-state index in [0.29, 0.717) is 17.9 Å². The second-order valence-corrected chi connectivity index (χ2v) is 3.23. The number of hydrogen-bond donors (Lipinski definition) is 1. The summed E-state index contributed by atoms with van der Waals surface area (Å²) in [7, 11) is 1.73. The van der Waals surface area contributed by atoms with E-state index in [9.17, 15) is 0 Å². The molecule has 2 heteroatoms. The molecule has 1 aliphatic carbocycles. The van der Waals surface area contributed by atoms with Gasteiger partial charge in [-0.25, -0.2) is 0 Å². The van der Waals surface area contributed by atoms with Crippen LogP contribution in [-0.4, -0.2) is 25.4 Å². The zero-order valence-corrected chi connectivity index (χ0v) is 6.76. The van der Waals surface area contributed by atoms with Crippen LogP contribution in [0.1, 0.15) is 19.8 Å². The standard InChI is InChI=1S/C8H16O2/c1-3-8(6-10-2)4-7(8)5-9/h7,9H,3-6H2,1-2H3. The number of rotatable bonds is 4. The highest BCUT2D eigenvalue weighted by molar-refractivity contribution is 5.00. The van der Waals surface area contributed by atoms with Gasteiger partial charge in [0.1, 0.15) is 0 Å². The van der Waals surface area contributed by atoms with Crippen molar-refractivity contribution >= 4 is 0 Å². The van der Waals surface area contributed by atoms with Gasteiger partial charge >= 0.3 is 0 Å².